The van der Waals surface area contributed by atoms with Crippen molar-refractivity contribution in [2.45, 2.75) is 25.6 Å². The summed E-state index contributed by atoms with van der Waals surface area (Å²) in [5.41, 5.74) is 6.15. The van der Waals surface area contributed by atoms with Crippen molar-refractivity contribution in [3.63, 3.8) is 0 Å². The van der Waals surface area contributed by atoms with Crippen LogP contribution in [-0.2, 0) is 19.6 Å². The fraction of sp³-hybridized carbons (Fsp3) is 0.357. The van der Waals surface area contributed by atoms with Gasteiger partial charge < -0.3 is 5.73 Å². The topological polar surface area (TPSA) is 43.8 Å². The van der Waals surface area contributed by atoms with Crippen molar-refractivity contribution in [1.82, 2.24) is 9.78 Å². The number of nitrogens with zero attached hydrogens (tertiary/aromatic N) is 2. The summed E-state index contributed by atoms with van der Waals surface area (Å²) in [4.78, 5) is 0. The van der Waals surface area contributed by atoms with Crippen molar-refractivity contribution in [1.29, 1.82) is 0 Å². The molecule has 114 valence electrons. The zero-order valence-electron chi connectivity index (χ0n) is 11.6. The molecular weight excluding hydrogens is 286 g/mol. The fourth-order valence-electron chi connectivity index (χ4n) is 2.29. The van der Waals surface area contributed by atoms with Crippen LogP contribution in [-0.4, -0.2) is 9.78 Å². The summed E-state index contributed by atoms with van der Waals surface area (Å²) in [6.07, 6.45) is -4.42. The zero-order valence-corrected chi connectivity index (χ0v) is 11.6. The molecule has 1 atom stereocenters. The molecular formula is C14H15F4N3. The Morgan fingerprint density at radius 2 is 1.95 bits per heavy atom. The van der Waals surface area contributed by atoms with E-state index in [4.69, 9.17) is 5.73 Å². The number of hydrogen-bond acceptors (Lipinski definition) is 2. The highest BCUT2D eigenvalue weighted by molar-refractivity contribution is 5.33. The molecule has 0 fully saturated rings. The summed E-state index contributed by atoms with van der Waals surface area (Å²) in [5, 5.41) is 4.11. The number of alkyl halides is 3. The summed E-state index contributed by atoms with van der Waals surface area (Å²) in [6, 6.07) is 3.13. The van der Waals surface area contributed by atoms with Crippen LogP contribution in [0.1, 0.15) is 28.6 Å². The molecule has 21 heavy (non-hydrogen) atoms. The van der Waals surface area contributed by atoms with Gasteiger partial charge in [0.25, 0.3) is 0 Å². The molecule has 0 spiro atoms. The van der Waals surface area contributed by atoms with Gasteiger partial charge in [0.2, 0.25) is 0 Å². The Balaban J connectivity index is 2.36. The third-order valence-corrected chi connectivity index (χ3v) is 3.25. The lowest BCUT2D eigenvalue weighted by molar-refractivity contribution is -0.138. The molecule has 7 heteroatoms. The molecule has 2 N–H and O–H groups in total. The maximum absolute atomic E-state index is 13.3. The minimum Gasteiger partial charge on any atom is -0.324 e. The Labute approximate surface area is 119 Å². The maximum Gasteiger partial charge on any atom is 0.416 e. The van der Waals surface area contributed by atoms with Crippen molar-refractivity contribution in [3.8, 4) is 0 Å². The number of benzene rings is 1. The molecule has 0 aliphatic carbocycles. The summed E-state index contributed by atoms with van der Waals surface area (Å²) in [6.45, 7) is 1.78. The predicted octanol–water partition coefficient (Wildman–Crippen LogP) is 3.13. The average Bonchev–Trinajstić information content (AvgIpc) is 2.66. The molecule has 0 saturated heterocycles. The van der Waals surface area contributed by atoms with E-state index in [-0.39, 0.29) is 12.0 Å². The molecule has 0 bridgehead atoms. The van der Waals surface area contributed by atoms with Crippen LogP contribution in [0.15, 0.2) is 24.3 Å². The van der Waals surface area contributed by atoms with Gasteiger partial charge in [-0.25, -0.2) is 4.39 Å². The van der Waals surface area contributed by atoms with E-state index in [1.165, 1.54) is 0 Å². The first-order valence-corrected chi connectivity index (χ1v) is 6.30. The number of aromatic nitrogens is 2. The molecule has 1 heterocycles. The Morgan fingerprint density at radius 3 is 2.48 bits per heavy atom. The number of rotatable bonds is 3. The quantitative estimate of drug-likeness (QED) is 0.885. The molecule has 1 aromatic heterocycles. The van der Waals surface area contributed by atoms with Crippen molar-refractivity contribution in [2.75, 3.05) is 0 Å². The SMILES string of the molecule is Cc1cc(CC(N)c2cc(F)ccc2C(F)(F)F)n(C)n1. The number of nitrogens with two attached hydrogens (primary N) is 1. The molecule has 0 aliphatic heterocycles. The number of halogens is 4. The van der Waals surface area contributed by atoms with E-state index in [0.717, 1.165) is 23.9 Å². The molecule has 0 amide bonds. The maximum atomic E-state index is 13.3. The second kappa shape index (κ2) is 5.48. The Morgan fingerprint density at radius 1 is 1.29 bits per heavy atom. The molecule has 3 nitrogen and oxygen atoms in total. The lowest BCUT2D eigenvalue weighted by atomic mass is 9.96. The Hall–Kier alpha value is -1.89. The third-order valence-electron chi connectivity index (χ3n) is 3.25. The van der Waals surface area contributed by atoms with Gasteiger partial charge in [-0.15, -0.1) is 0 Å². The van der Waals surface area contributed by atoms with Gasteiger partial charge >= 0.3 is 6.18 Å². The van der Waals surface area contributed by atoms with Crippen LogP contribution in [0.5, 0.6) is 0 Å². The van der Waals surface area contributed by atoms with Crippen LogP contribution in [0.4, 0.5) is 17.6 Å². The first kappa shape index (κ1) is 15.5. The minimum atomic E-state index is -4.57. The second-order valence-corrected chi connectivity index (χ2v) is 4.94. The molecule has 0 aliphatic rings. The molecule has 1 unspecified atom stereocenters. The van der Waals surface area contributed by atoms with Crippen LogP contribution in [0.25, 0.3) is 0 Å². The fourth-order valence-corrected chi connectivity index (χ4v) is 2.29. The van der Waals surface area contributed by atoms with Gasteiger partial charge in [-0.05, 0) is 36.8 Å². The second-order valence-electron chi connectivity index (χ2n) is 4.94. The Bertz CT molecular complexity index is 646. The predicted molar refractivity (Wildman–Crippen MR) is 70.0 cm³/mol. The first-order valence-electron chi connectivity index (χ1n) is 6.30. The smallest absolute Gasteiger partial charge is 0.324 e. The monoisotopic (exact) mass is 301 g/mol. The van der Waals surface area contributed by atoms with Crippen LogP contribution in [0.3, 0.4) is 0 Å². The van der Waals surface area contributed by atoms with E-state index in [9.17, 15) is 17.6 Å². The highest BCUT2D eigenvalue weighted by Gasteiger charge is 2.35. The van der Waals surface area contributed by atoms with E-state index in [0.29, 0.717) is 5.69 Å². The van der Waals surface area contributed by atoms with Gasteiger partial charge in [0.15, 0.2) is 0 Å². The van der Waals surface area contributed by atoms with E-state index in [1.807, 2.05) is 0 Å². The standard InChI is InChI=1S/C14H15F4N3/c1-8-5-10(21(2)20-8)7-13(19)11-6-9(15)3-4-12(11)14(16,17)18/h3-6,13H,7,19H2,1-2H3. The number of aryl methyl sites for hydroxylation is 2. The summed E-state index contributed by atoms with van der Waals surface area (Å²) < 4.78 is 53.7. The third kappa shape index (κ3) is 3.41. The van der Waals surface area contributed by atoms with Crippen LogP contribution >= 0.6 is 0 Å². The molecule has 2 aromatic rings. The summed E-state index contributed by atoms with van der Waals surface area (Å²) >= 11 is 0. The Kier molecular flexibility index (Phi) is 4.04. The average molecular weight is 301 g/mol. The molecule has 0 radical (unpaired) electrons. The van der Waals surface area contributed by atoms with Crippen molar-refractivity contribution >= 4 is 0 Å². The van der Waals surface area contributed by atoms with Gasteiger partial charge in [-0.1, -0.05) is 0 Å². The summed E-state index contributed by atoms with van der Waals surface area (Å²) in [7, 11) is 1.69. The highest BCUT2D eigenvalue weighted by atomic mass is 19.4. The van der Waals surface area contributed by atoms with E-state index in [1.54, 1.807) is 24.7 Å². The molecule has 0 saturated carbocycles. The zero-order chi connectivity index (χ0) is 15.8. The van der Waals surface area contributed by atoms with Crippen molar-refractivity contribution in [3.05, 3.63) is 52.6 Å². The van der Waals surface area contributed by atoms with Crippen LogP contribution < -0.4 is 5.73 Å². The van der Waals surface area contributed by atoms with Gasteiger partial charge in [-0.3, -0.25) is 4.68 Å². The van der Waals surface area contributed by atoms with E-state index >= 15 is 0 Å². The van der Waals surface area contributed by atoms with E-state index in [2.05, 4.69) is 5.10 Å². The van der Waals surface area contributed by atoms with Crippen LogP contribution in [0, 0.1) is 12.7 Å². The largest absolute Gasteiger partial charge is 0.416 e. The first-order chi connectivity index (χ1) is 9.68. The van der Waals surface area contributed by atoms with Crippen molar-refractivity contribution in [2.24, 2.45) is 12.8 Å². The normalized spacial score (nSPS) is 13.5. The summed E-state index contributed by atoms with van der Waals surface area (Å²) in [5.74, 6) is -0.741. The van der Waals surface area contributed by atoms with Crippen molar-refractivity contribution < 1.29 is 17.6 Å². The van der Waals surface area contributed by atoms with Gasteiger partial charge in [0.1, 0.15) is 5.82 Å². The molecule has 2 rings (SSSR count). The minimum absolute atomic E-state index is 0.143. The van der Waals surface area contributed by atoms with Crippen LogP contribution in [0.2, 0.25) is 0 Å². The number of hydrogen-bond donors (Lipinski definition) is 1. The van der Waals surface area contributed by atoms with Gasteiger partial charge in [0.05, 0.1) is 11.3 Å². The van der Waals surface area contributed by atoms with Gasteiger partial charge in [0, 0.05) is 25.2 Å². The highest BCUT2D eigenvalue weighted by Crippen LogP contribution is 2.35. The van der Waals surface area contributed by atoms with E-state index < -0.39 is 23.6 Å². The lowest BCUT2D eigenvalue weighted by Gasteiger charge is -2.18. The van der Waals surface area contributed by atoms with Gasteiger partial charge in [-0.2, -0.15) is 18.3 Å². The lowest BCUT2D eigenvalue weighted by Crippen LogP contribution is -2.20. The molecule has 1 aromatic carbocycles.